The van der Waals surface area contributed by atoms with Gasteiger partial charge >= 0.3 is 0 Å². The molecule has 0 radical (unpaired) electrons. The van der Waals surface area contributed by atoms with E-state index in [9.17, 15) is 9.90 Å². The summed E-state index contributed by atoms with van der Waals surface area (Å²) in [6.45, 7) is 8.86. The summed E-state index contributed by atoms with van der Waals surface area (Å²) >= 11 is 0. The fourth-order valence-corrected chi connectivity index (χ4v) is 5.32. The molecule has 0 aliphatic heterocycles. The molecular weight excluding hydrogens is 252 g/mol. The van der Waals surface area contributed by atoms with Crippen molar-refractivity contribution in [2.45, 2.75) is 71.8 Å². The van der Waals surface area contributed by atoms with Crippen LogP contribution in [0.5, 0.6) is 0 Å². The first kappa shape index (κ1) is 15.8. The van der Waals surface area contributed by atoms with Crippen LogP contribution in [-0.4, -0.2) is 16.6 Å². The Hall–Kier alpha value is -0.610. The van der Waals surface area contributed by atoms with Crippen LogP contribution in [0, 0.1) is 22.7 Å². The topological polar surface area (TPSA) is 75.4 Å². The Labute approximate surface area is 122 Å². The summed E-state index contributed by atoms with van der Waals surface area (Å²) in [5.41, 5.74) is 1.78. The highest BCUT2D eigenvalue weighted by molar-refractivity contribution is 5.75. The van der Waals surface area contributed by atoms with Crippen molar-refractivity contribution >= 4 is 5.91 Å². The second kappa shape index (κ2) is 4.99. The highest BCUT2D eigenvalue weighted by atomic mass is 16.3. The Morgan fingerprint density at radius 2 is 1.90 bits per heavy atom. The van der Waals surface area contributed by atoms with Crippen molar-refractivity contribution in [3.8, 4) is 0 Å². The zero-order valence-corrected chi connectivity index (χ0v) is 13.3. The highest BCUT2D eigenvalue weighted by Crippen LogP contribution is 2.62. The number of nitrogens with two attached hydrogens (primary N) is 1. The van der Waals surface area contributed by atoms with Gasteiger partial charge in [-0.1, -0.05) is 27.2 Å². The van der Waals surface area contributed by atoms with Crippen LogP contribution in [0.4, 0.5) is 0 Å². The molecule has 2 aliphatic rings. The van der Waals surface area contributed by atoms with Gasteiger partial charge in [0.1, 0.15) is 0 Å². The Morgan fingerprint density at radius 1 is 1.25 bits per heavy atom. The molecule has 4 N–H and O–H groups in total. The molecule has 116 valence electrons. The summed E-state index contributed by atoms with van der Waals surface area (Å²) < 4.78 is 0. The molecule has 2 rings (SSSR count). The highest BCUT2D eigenvalue weighted by Gasteiger charge is 2.58. The number of amides is 1. The Balaban J connectivity index is 2.35. The molecule has 0 unspecified atom stereocenters. The number of carbonyl (C=O) groups is 1. The fraction of sp³-hybridized carbons (Fsp3) is 0.938. The van der Waals surface area contributed by atoms with Crippen LogP contribution >= 0.6 is 0 Å². The van der Waals surface area contributed by atoms with Crippen LogP contribution in [0.1, 0.15) is 66.2 Å². The van der Waals surface area contributed by atoms with Crippen molar-refractivity contribution in [1.82, 2.24) is 5.43 Å². The fourth-order valence-electron chi connectivity index (χ4n) is 5.32. The first-order chi connectivity index (χ1) is 9.13. The third-order valence-corrected chi connectivity index (χ3v) is 6.31. The second-order valence-corrected chi connectivity index (χ2v) is 8.12. The van der Waals surface area contributed by atoms with E-state index in [0.29, 0.717) is 17.8 Å². The average molecular weight is 282 g/mol. The van der Waals surface area contributed by atoms with Gasteiger partial charge in [-0.2, -0.15) is 0 Å². The molecule has 0 spiro atoms. The van der Waals surface area contributed by atoms with Crippen LogP contribution in [0.2, 0.25) is 0 Å². The van der Waals surface area contributed by atoms with Crippen LogP contribution in [0.25, 0.3) is 0 Å². The van der Waals surface area contributed by atoms with Crippen LogP contribution in [0.3, 0.4) is 0 Å². The number of rotatable bonds is 2. The van der Waals surface area contributed by atoms with Gasteiger partial charge in [0.15, 0.2) is 0 Å². The number of hydrazine groups is 1. The molecule has 4 heteroatoms. The predicted molar refractivity (Wildman–Crippen MR) is 79.5 cm³/mol. The minimum Gasteiger partial charge on any atom is -0.390 e. The number of hydrogen-bond acceptors (Lipinski definition) is 3. The molecular formula is C16H30N2O2. The maximum absolute atomic E-state index is 11.8. The third kappa shape index (κ3) is 2.48. The summed E-state index contributed by atoms with van der Waals surface area (Å²) in [6.07, 6.45) is 5.67. The van der Waals surface area contributed by atoms with Crippen molar-refractivity contribution < 1.29 is 9.90 Å². The van der Waals surface area contributed by atoms with Crippen molar-refractivity contribution in [3.05, 3.63) is 0 Å². The van der Waals surface area contributed by atoms with Crippen molar-refractivity contribution in [3.63, 3.8) is 0 Å². The molecule has 4 atom stereocenters. The number of nitrogens with one attached hydrogen (secondary N) is 1. The van der Waals surface area contributed by atoms with E-state index in [-0.39, 0.29) is 17.2 Å². The molecule has 2 saturated carbocycles. The molecule has 0 heterocycles. The number of carbonyl (C=O) groups excluding carboxylic acids is 1. The first-order valence-corrected chi connectivity index (χ1v) is 7.85. The molecule has 0 bridgehead atoms. The number of hydrogen-bond donors (Lipinski definition) is 3. The SMILES string of the molecule is CC1(C)CCC[C@@]2(C)[C@@H](CC(=O)NN)[C@](C)(O)CC[C@@H]12. The van der Waals surface area contributed by atoms with Gasteiger partial charge in [-0.05, 0) is 49.4 Å². The molecule has 4 nitrogen and oxygen atoms in total. The summed E-state index contributed by atoms with van der Waals surface area (Å²) in [7, 11) is 0. The van der Waals surface area contributed by atoms with Gasteiger partial charge in [0.05, 0.1) is 5.60 Å². The van der Waals surface area contributed by atoms with E-state index in [1.54, 1.807) is 0 Å². The lowest BCUT2D eigenvalue weighted by Crippen LogP contribution is -2.58. The maximum atomic E-state index is 11.8. The lowest BCUT2D eigenvalue weighted by atomic mass is 9.45. The number of aliphatic hydroxyl groups is 1. The Bertz CT molecular complexity index is 392. The minimum absolute atomic E-state index is 0.0168. The van der Waals surface area contributed by atoms with E-state index in [0.717, 1.165) is 19.3 Å². The van der Waals surface area contributed by atoms with Gasteiger partial charge in [0.25, 0.3) is 0 Å². The van der Waals surface area contributed by atoms with E-state index in [1.807, 2.05) is 6.92 Å². The molecule has 20 heavy (non-hydrogen) atoms. The largest absolute Gasteiger partial charge is 0.390 e. The van der Waals surface area contributed by atoms with Gasteiger partial charge in [0.2, 0.25) is 5.91 Å². The Morgan fingerprint density at radius 3 is 2.50 bits per heavy atom. The van der Waals surface area contributed by atoms with Crippen LogP contribution in [-0.2, 0) is 4.79 Å². The predicted octanol–water partition coefficient (Wildman–Crippen LogP) is 2.36. The number of fused-ring (bicyclic) bond motifs is 1. The standard InChI is InChI=1S/C16H30N2O2/c1-14(2)7-5-8-15(3)11(14)6-9-16(4,20)12(15)10-13(19)18-17/h11-12,20H,5-10,17H2,1-4H3,(H,18,19)/t11-,12+,15+,16+/m0/s1. The quantitative estimate of drug-likeness (QED) is 0.413. The van der Waals surface area contributed by atoms with Gasteiger partial charge < -0.3 is 5.11 Å². The van der Waals surface area contributed by atoms with Crippen molar-refractivity contribution in [2.24, 2.45) is 28.5 Å². The van der Waals surface area contributed by atoms with E-state index in [1.165, 1.54) is 12.8 Å². The van der Waals surface area contributed by atoms with Crippen molar-refractivity contribution in [2.75, 3.05) is 0 Å². The van der Waals surface area contributed by atoms with E-state index in [4.69, 9.17) is 5.84 Å². The summed E-state index contributed by atoms with van der Waals surface area (Å²) in [5, 5.41) is 10.8. The summed E-state index contributed by atoms with van der Waals surface area (Å²) in [6, 6.07) is 0. The van der Waals surface area contributed by atoms with Crippen LogP contribution < -0.4 is 11.3 Å². The summed E-state index contributed by atoms with van der Waals surface area (Å²) in [4.78, 5) is 11.8. The van der Waals surface area contributed by atoms with Crippen LogP contribution in [0.15, 0.2) is 0 Å². The molecule has 0 aromatic heterocycles. The monoisotopic (exact) mass is 282 g/mol. The maximum Gasteiger partial charge on any atom is 0.234 e. The van der Waals surface area contributed by atoms with Crippen molar-refractivity contribution in [1.29, 1.82) is 0 Å². The molecule has 0 aromatic carbocycles. The lowest BCUT2D eigenvalue weighted by molar-refractivity contribution is -0.173. The third-order valence-electron chi connectivity index (χ3n) is 6.31. The summed E-state index contributed by atoms with van der Waals surface area (Å²) in [5.74, 6) is 5.65. The lowest BCUT2D eigenvalue weighted by Gasteiger charge is -2.61. The first-order valence-electron chi connectivity index (χ1n) is 7.85. The van der Waals surface area contributed by atoms with E-state index >= 15 is 0 Å². The average Bonchev–Trinajstić information content (AvgIpc) is 2.32. The van der Waals surface area contributed by atoms with Gasteiger partial charge in [0, 0.05) is 12.3 Å². The minimum atomic E-state index is -0.773. The van der Waals surface area contributed by atoms with E-state index < -0.39 is 5.60 Å². The second-order valence-electron chi connectivity index (χ2n) is 8.12. The van der Waals surface area contributed by atoms with Gasteiger partial charge in [-0.3, -0.25) is 10.2 Å². The molecule has 2 aliphatic carbocycles. The van der Waals surface area contributed by atoms with Gasteiger partial charge in [-0.25, -0.2) is 5.84 Å². The zero-order chi connectivity index (χ0) is 15.2. The smallest absolute Gasteiger partial charge is 0.234 e. The van der Waals surface area contributed by atoms with E-state index in [2.05, 4.69) is 26.2 Å². The zero-order valence-electron chi connectivity index (χ0n) is 13.3. The van der Waals surface area contributed by atoms with Gasteiger partial charge in [-0.15, -0.1) is 0 Å². The molecule has 0 saturated heterocycles. The molecule has 2 fully saturated rings. The normalized spacial score (nSPS) is 43.7. The Kier molecular flexibility index (Phi) is 3.93. The molecule has 1 amide bonds. The molecule has 0 aromatic rings.